The minimum Gasteiger partial charge on any atom is -0.352 e. The van der Waals surface area contributed by atoms with Gasteiger partial charge in [-0.1, -0.05) is 20.3 Å². The van der Waals surface area contributed by atoms with E-state index in [1.54, 1.807) is 12.3 Å². The number of nitrogens with one attached hydrogen (secondary N) is 2. The molecule has 1 aromatic heterocycles. The molecule has 0 saturated carbocycles. The molecule has 1 rings (SSSR count). The molecule has 0 aliphatic heterocycles. The number of rotatable bonds is 8. The topological polar surface area (TPSA) is 63.1 Å². The van der Waals surface area contributed by atoms with Crippen LogP contribution in [0.4, 0.5) is 0 Å². The summed E-state index contributed by atoms with van der Waals surface area (Å²) in [6.45, 7) is 6.82. The highest BCUT2D eigenvalue weighted by atomic mass is 32.2. The molecule has 2 unspecified atom stereocenters. The van der Waals surface area contributed by atoms with Gasteiger partial charge < -0.3 is 9.88 Å². The maximum atomic E-state index is 12.3. The van der Waals surface area contributed by atoms with Crippen molar-refractivity contribution in [2.75, 3.05) is 7.05 Å². The number of hydrogen-bond acceptors (Lipinski definition) is 3. The second kappa shape index (κ2) is 7.24. The first kappa shape index (κ1) is 17.2. The van der Waals surface area contributed by atoms with Gasteiger partial charge in [0.15, 0.2) is 0 Å². The van der Waals surface area contributed by atoms with E-state index in [0.717, 1.165) is 18.5 Å². The number of hydrogen-bond donors (Lipinski definition) is 2. The van der Waals surface area contributed by atoms with Crippen molar-refractivity contribution in [3.05, 3.63) is 18.0 Å². The van der Waals surface area contributed by atoms with Crippen molar-refractivity contribution in [3.63, 3.8) is 0 Å². The third-order valence-corrected chi connectivity index (χ3v) is 5.12. The van der Waals surface area contributed by atoms with E-state index in [0.29, 0.717) is 17.4 Å². The Morgan fingerprint density at radius 2 is 2.00 bits per heavy atom. The second-order valence-electron chi connectivity index (χ2n) is 5.58. The monoisotopic (exact) mass is 301 g/mol. The quantitative estimate of drug-likeness (QED) is 0.770. The van der Waals surface area contributed by atoms with Crippen LogP contribution in [0.1, 0.15) is 39.3 Å². The molecule has 1 heterocycles. The molecule has 0 radical (unpaired) electrons. The first-order chi connectivity index (χ1) is 9.30. The van der Waals surface area contributed by atoms with Gasteiger partial charge in [-0.25, -0.2) is 13.1 Å². The fraction of sp³-hybridized carbons (Fsp3) is 0.714. The third-order valence-electron chi connectivity index (χ3n) is 3.56. The number of nitrogens with zero attached hydrogens (tertiary/aromatic N) is 1. The lowest BCUT2D eigenvalue weighted by Crippen LogP contribution is -2.33. The molecule has 0 bridgehead atoms. The molecule has 0 saturated heterocycles. The lowest BCUT2D eigenvalue weighted by Gasteiger charge is -2.17. The van der Waals surface area contributed by atoms with E-state index in [1.165, 1.54) is 0 Å². The molecular formula is C14H27N3O2S. The van der Waals surface area contributed by atoms with E-state index in [-0.39, 0.29) is 6.04 Å². The van der Waals surface area contributed by atoms with Crippen LogP contribution < -0.4 is 10.0 Å². The fourth-order valence-electron chi connectivity index (χ4n) is 2.23. The van der Waals surface area contributed by atoms with Crippen LogP contribution in [0.15, 0.2) is 17.2 Å². The molecule has 0 spiro atoms. The minimum atomic E-state index is -3.43. The fourth-order valence-corrected chi connectivity index (χ4v) is 3.58. The molecule has 2 N–H and O–H groups in total. The Labute approximate surface area is 122 Å². The third kappa shape index (κ3) is 4.61. The lowest BCUT2D eigenvalue weighted by atomic mass is 10.0. The van der Waals surface area contributed by atoms with Gasteiger partial charge in [0, 0.05) is 31.5 Å². The van der Waals surface area contributed by atoms with Crippen molar-refractivity contribution >= 4 is 10.0 Å². The molecule has 0 aromatic carbocycles. The van der Waals surface area contributed by atoms with Crippen LogP contribution in [-0.2, 0) is 23.6 Å². The molecule has 20 heavy (non-hydrogen) atoms. The van der Waals surface area contributed by atoms with Gasteiger partial charge in [0.25, 0.3) is 0 Å². The Balaban J connectivity index is 2.80. The molecular weight excluding hydrogens is 274 g/mol. The SMILES string of the molecule is CCC(C)CC(C)NS(=O)(=O)c1cc(CNC)n(C)c1. The molecule has 2 atom stereocenters. The van der Waals surface area contributed by atoms with E-state index >= 15 is 0 Å². The van der Waals surface area contributed by atoms with Crippen LogP contribution in [0.5, 0.6) is 0 Å². The van der Waals surface area contributed by atoms with E-state index in [1.807, 2.05) is 25.6 Å². The number of sulfonamides is 1. The van der Waals surface area contributed by atoms with Gasteiger partial charge in [-0.15, -0.1) is 0 Å². The average molecular weight is 301 g/mol. The van der Waals surface area contributed by atoms with E-state index in [4.69, 9.17) is 0 Å². The number of aromatic nitrogens is 1. The van der Waals surface area contributed by atoms with Gasteiger partial charge in [-0.3, -0.25) is 0 Å². The summed E-state index contributed by atoms with van der Waals surface area (Å²) in [6, 6.07) is 1.66. The molecule has 116 valence electrons. The van der Waals surface area contributed by atoms with Crippen LogP contribution in [0, 0.1) is 5.92 Å². The van der Waals surface area contributed by atoms with Crippen molar-refractivity contribution in [1.82, 2.24) is 14.6 Å². The lowest BCUT2D eigenvalue weighted by molar-refractivity contribution is 0.445. The standard InChI is InChI=1S/C14H27N3O2S/c1-6-11(2)7-12(3)16-20(18,19)14-8-13(9-15-4)17(5)10-14/h8,10-12,15-16H,6-7,9H2,1-5H3. The highest BCUT2D eigenvalue weighted by Crippen LogP contribution is 2.16. The molecule has 0 fully saturated rings. The average Bonchev–Trinajstić information content (AvgIpc) is 2.71. The Morgan fingerprint density at radius 3 is 2.55 bits per heavy atom. The van der Waals surface area contributed by atoms with Crippen molar-refractivity contribution < 1.29 is 8.42 Å². The van der Waals surface area contributed by atoms with Crippen LogP contribution >= 0.6 is 0 Å². The second-order valence-corrected chi connectivity index (χ2v) is 7.29. The first-order valence-corrected chi connectivity index (χ1v) is 8.60. The number of aryl methyl sites for hydroxylation is 1. The van der Waals surface area contributed by atoms with Gasteiger partial charge in [0.2, 0.25) is 10.0 Å². The van der Waals surface area contributed by atoms with E-state index in [9.17, 15) is 8.42 Å². The highest BCUT2D eigenvalue weighted by Gasteiger charge is 2.20. The van der Waals surface area contributed by atoms with Gasteiger partial charge in [0.1, 0.15) is 0 Å². The summed E-state index contributed by atoms with van der Waals surface area (Å²) < 4.78 is 29.3. The van der Waals surface area contributed by atoms with Gasteiger partial charge >= 0.3 is 0 Å². The normalized spacial score (nSPS) is 15.2. The summed E-state index contributed by atoms with van der Waals surface area (Å²) in [4.78, 5) is 0.334. The Bertz CT molecular complexity index is 523. The molecule has 6 heteroatoms. The Kier molecular flexibility index (Phi) is 6.23. The highest BCUT2D eigenvalue weighted by molar-refractivity contribution is 7.89. The van der Waals surface area contributed by atoms with Crippen LogP contribution in [0.25, 0.3) is 0 Å². The minimum absolute atomic E-state index is 0.0529. The largest absolute Gasteiger partial charge is 0.352 e. The van der Waals surface area contributed by atoms with Crippen LogP contribution in [0.3, 0.4) is 0 Å². The van der Waals surface area contributed by atoms with Gasteiger partial charge in [-0.05, 0) is 32.4 Å². The van der Waals surface area contributed by atoms with Crippen molar-refractivity contribution in [3.8, 4) is 0 Å². The zero-order valence-electron chi connectivity index (χ0n) is 13.1. The summed E-state index contributed by atoms with van der Waals surface area (Å²) in [7, 11) is 0.264. The first-order valence-electron chi connectivity index (χ1n) is 7.12. The summed E-state index contributed by atoms with van der Waals surface area (Å²) in [5, 5.41) is 3.03. The van der Waals surface area contributed by atoms with Crippen molar-refractivity contribution in [1.29, 1.82) is 0 Å². The summed E-state index contributed by atoms with van der Waals surface area (Å²) >= 11 is 0. The Morgan fingerprint density at radius 1 is 1.35 bits per heavy atom. The Hall–Kier alpha value is -0.850. The molecule has 0 aliphatic rings. The van der Waals surface area contributed by atoms with Crippen molar-refractivity contribution in [2.24, 2.45) is 13.0 Å². The predicted molar refractivity (Wildman–Crippen MR) is 82.0 cm³/mol. The summed E-state index contributed by atoms with van der Waals surface area (Å²) in [5.41, 5.74) is 0.947. The van der Waals surface area contributed by atoms with Gasteiger partial charge in [-0.2, -0.15) is 0 Å². The van der Waals surface area contributed by atoms with E-state index in [2.05, 4.69) is 23.9 Å². The molecule has 0 amide bonds. The zero-order chi connectivity index (χ0) is 15.3. The summed E-state index contributed by atoms with van der Waals surface area (Å²) in [6.07, 6.45) is 3.57. The molecule has 5 nitrogen and oxygen atoms in total. The maximum Gasteiger partial charge on any atom is 0.242 e. The van der Waals surface area contributed by atoms with Crippen molar-refractivity contribution in [2.45, 2.75) is 51.1 Å². The predicted octanol–water partition coefficient (Wildman–Crippen LogP) is 1.85. The van der Waals surface area contributed by atoms with Crippen LogP contribution in [0.2, 0.25) is 0 Å². The molecule has 0 aliphatic carbocycles. The maximum absolute atomic E-state index is 12.3. The van der Waals surface area contributed by atoms with Gasteiger partial charge in [0.05, 0.1) is 4.90 Å². The van der Waals surface area contributed by atoms with E-state index < -0.39 is 10.0 Å². The smallest absolute Gasteiger partial charge is 0.242 e. The summed E-state index contributed by atoms with van der Waals surface area (Å²) in [5.74, 6) is 0.517. The van der Waals surface area contributed by atoms with Crippen LogP contribution in [-0.4, -0.2) is 26.1 Å². The zero-order valence-corrected chi connectivity index (χ0v) is 13.9. The molecule has 1 aromatic rings.